The summed E-state index contributed by atoms with van der Waals surface area (Å²) in [5, 5.41) is 3.93. The Morgan fingerprint density at radius 1 is 1.10 bits per heavy atom. The maximum Gasteiger partial charge on any atom is 0.176 e. The van der Waals surface area contributed by atoms with Crippen molar-refractivity contribution in [3.8, 4) is 22.5 Å². The van der Waals surface area contributed by atoms with Gasteiger partial charge in [0.2, 0.25) is 0 Å². The maximum absolute atomic E-state index is 6.00. The van der Waals surface area contributed by atoms with Crippen LogP contribution < -0.4 is 5.73 Å². The van der Waals surface area contributed by atoms with Crippen molar-refractivity contribution in [1.29, 1.82) is 0 Å². The monoisotopic (exact) mass is 328 g/mol. The lowest BCUT2D eigenvalue weighted by Crippen LogP contribution is -1.90. The van der Waals surface area contributed by atoms with Gasteiger partial charge in [0.15, 0.2) is 11.6 Å². The summed E-state index contributed by atoms with van der Waals surface area (Å²) in [7, 11) is 0. The van der Waals surface area contributed by atoms with Gasteiger partial charge < -0.3 is 10.3 Å². The minimum atomic E-state index is 0.411. The molecule has 0 saturated heterocycles. The van der Waals surface area contributed by atoms with Gasteiger partial charge in [-0.2, -0.15) is 0 Å². The Bertz CT molecular complexity index is 765. The van der Waals surface area contributed by atoms with E-state index in [0.717, 1.165) is 26.7 Å². The predicted molar refractivity (Wildman–Crippen MR) is 84.2 cm³/mol. The number of halogens is 1. The third-order valence-corrected chi connectivity index (χ3v) is 3.71. The highest BCUT2D eigenvalue weighted by Crippen LogP contribution is 2.38. The minimum Gasteiger partial charge on any atom is -0.380 e. The Balaban J connectivity index is 2.23. The summed E-state index contributed by atoms with van der Waals surface area (Å²) in [6.45, 7) is 2.05. The van der Waals surface area contributed by atoms with Crippen LogP contribution in [0.2, 0.25) is 0 Å². The van der Waals surface area contributed by atoms with Crippen molar-refractivity contribution >= 4 is 21.7 Å². The van der Waals surface area contributed by atoms with Crippen LogP contribution in [0.3, 0.4) is 0 Å². The zero-order valence-electron chi connectivity index (χ0n) is 10.9. The van der Waals surface area contributed by atoms with Gasteiger partial charge in [-0.15, -0.1) is 0 Å². The predicted octanol–water partition coefficient (Wildman–Crippen LogP) is 4.66. The van der Waals surface area contributed by atoms with Crippen molar-refractivity contribution in [3.05, 3.63) is 58.6 Å². The van der Waals surface area contributed by atoms with Gasteiger partial charge in [0, 0.05) is 10.0 Å². The summed E-state index contributed by atoms with van der Waals surface area (Å²) in [6.07, 6.45) is 0. The third-order valence-electron chi connectivity index (χ3n) is 3.22. The molecular weight excluding hydrogens is 316 g/mol. The summed E-state index contributed by atoms with van der Waals surface area (Å²) in [5.41, 5.74) is 9.98. The van der Waals surface area contributed by atoms with Gasteiger partial charge in [-0.1, -0.05) is 57.5 Å². The molecule has 0 unspecified atom stereocenters. The molecule has 2 aromatic carbocycles. The fraction of sp³-hybridized carbons (Fsp3) is 0.0625. The van der Waals surface area contributed by atoms with E-state index >= 15 is 0 Å². The van der Waals surface area contributed by atoms with Crippen LogP contribution in [0.1, 0.15) is 5.56 Å². The third kappa shape index (κ3) is 2.23. The van der Waals surface area contributed by atoms with E-state index in [4.69, 9.17) is 10.3 Å². The molecule has 3 nitrogen and oxygen atoms in total. The SMILES string of the molecule is Cc1ccccc1-c1c(N)noc1-c1cccc(Br)c1. The maximum atomic E-state index is 6.00. The molecule has 1 heterocycles. The fourth-order valence-electron chi connectivity index (χ4n) is 2.24. The second-order valence-electron chi connectivity index (χ2n) is 4.60. The normalized spacial score (nSPS) is 10.7. The Morgan fingerprint density at radius 3 is 2.65 bits per heavy atom. The summed E-state index contributed by atoms with van der Waals surface area (Å²) in [5.74, 6) is 1.10. The standard InChI is InChI=1S/C16H13BrN2O/c1-10-5-2-3-8-13(10)14-15(20-19-16(14)18)11-6-4-7-12(17)9-11/h2-9H,1H3,(H2,18,19). The molecule has 0 fully saturated rings. The molecule has 3 rings (SSSR count). The van der Waals surface area contributed by atoms with E-state index in [1.54, 1.807) is 0 Å². The number of nitrogens with zero attached hydrogens (tertiary/aromatic N) is 1. The zero-order valence-corrected chi connectivity index (χ0v) is 12.5. The van der Waals surface area contributed by atoms with Gasteiger partial charge in [-0.05, 0) is 30.2 Å². The molecule has 0 radical (unpaired) electrons. The molecule has 2 N–H and O–H groups in total. The van der Waals surface area contributed by atoms with Gasteiger partial charge in [-0.3, -0.25) is 0 Å². The van der Waals surface area contributed by atoms with E-state index in [1.807, 2.05) is 55.5 Å². The van der Waals surface area contributed by atoms with Gasteiger partial charge in [0.05, 0.1) is 5.56 Å². The number of aromatic nitrogens is 1. The molecule has 0 aliphatic rings. The van der Waals surface area contributed by atoms with Gasteiger partial charge in [0.25, 0.3) is 0 Å². The zero-order chi connectivity index (χ0) is 14.1. The molecule has 20 heavy (non-hydrogen) atoms. The van der Waals surface area contributed by atoms with Crippen molar-refractivity contribution in [1.82, 2.24) is 5.16 Å². The molecule has 3 aromatic rings. The van der Waals surface area contributed by atoms with Crippen LogP contribution >= 0.6 is 15.9 Å². The molecule has 0 atom stereocenters. The Kier molecular flexibility index (Phi) is 3.32. The number of hydrogen-bond donors (Lipinski definition) is 1. The van der Waals surface area contributed by atoms with Crippen molar-refractivity contribution in [2.45, 2.75) is 6.92 Å². The van der Waals surface area contributed by atoms with Crippen LogP contribution in [0.25, 0.3) is 22.5 Å². The quantitative estimate of drug-likeness (QED) is 0.744. The van der Waals surface area contributed by atoms with Crippen LogP contribution in [0.4, 0.5) is 5.82 Å². The highest BCUT2D eigenvalue weighted by atomic mass is 79.9. The van der Waals surface area contributed by atoms with Crippen molar-refractivity contribution in [2.24, 2.45) is 0 Å². The first-order valence-electron chi connectivity index (χ1n) is 6.24. The Hall–Kier alpha value is -2.07. The Labute approximate surface area is 125 Å². The minimum absolute atomic E-state index is 0.411. The number of anilines is 1. The summed E-state index contributed by atoms with van der Waals surface area (Å²) in [4.78, 5) is 0. The summed E-state index contributed by atoms with van der Waals surface area (Å²) < 4.78 is 6.44. The molecule has 0 saturated carbocycles. The van der Waals surface area contributed by atoms with E-state index in [9.17, 15) is 0 Å². The van der Waals surface area contributed by atoms with Gasteiger partial charge >= 0.3 is 0 Å². The van der Waals surface area contributed by atoms with Crippen LogP contribution in [-0.2, 0) is 0 Å². The van der Waals surface area contributed by atoms with Crippen LogP contribution in [0.15, 0.2) is 57.5 Å². The van der Waals surface area contributed by atoms with Crippen LogP contribution in [-0.4, -0.2) is 5.16 Å². The molecular formula is C16H13BrN2O. The van der Waals surface area contributed by atoms with Crippen molar-refractivity contribution in [3.63, 3.8) is 0 Å². The van der Waals surface area contributed by atoms with E-state index < -0.39 is 0 Å². The van der Waals surface area contributed by atoms with E-state index in [0.29, 0.717) is 11.6 Å². The average molecular weight is 329 g/mol. The molecule has 0 aliphatic heterocycles. The second-order valence-corrected chi connectivity index (χ2v) is 5.51. The molecule has 0 bridgehead atoms. The first-order chi connectivity index (χ1) is 9.66. The second kappa shape index (κ2) is 5.13. The first kappa shape index (κ1) is 12.9. The molecule has 1 aromatic heterocycles. The van der Waals surface area contributed by atoms with Gasteiger partial charge in [-0.25, -0.2) is 0 Å². The number of nitrogen functional groups attached to an aromatic ring is 1. The van der Waals surface area contributed by atoms with Crippen LogP contribution in [0.5, 0.6) is 0 Å². The molecule has 100 valence electrons. The highest BCUT2D eigenvalue weighted by molar-refractivity contribution is 9.10. The van der Waals surface area contributed by atoms with Gasteiger partial charge in [0.1, 0.15) is 0 Å². The average Bonchev–Trinajstić information content (AvgIpc) is 2.81. The van der Waals surface area contributed by atoms with Crippen molar-refractivity contribution < 1.29 is 4.52 Å². The molecule has 0 aliphatic carbocycles. The number of rotatable bonds is 2. The highest BCUT2D eigenvalue weighted by Gasteiger charge is 2.18. The molecule has 4 heteroatoms. The Morgan fingerprint density at radius 2 is 1.90 bits per heavy atom. The van der Waals surface area contributed by atoms with E-state index in [-0.39, 0.29) is 0 Å². The fourth-order valence-corrected chi connectivity index (χ4v) is 2.64. The number of hydrogen-bond acceptors (Lipinski definition) is 3. The lowest BCUT2D eigenvalue weighted by Gasteiger charge is -2.06. The van der Waals surface area contributed by atoms with E-state index in [1.165, 1.54) is 0 Å². The number of benzene rings is 2. The van der Waals surface area contributed by atoms with E-state index in [2.05, 4.69) is 21.1 Å². The molecule has 0 amide bonds. The lowest BCUT2D eigenvalue weighted by atomic mass is 9.98. The van der Waals surface area contributed by atoms with Crippen molar-refractivity contribution in [2.75, 3.05) is 5.73 Å². The van der Waals surface area contributed by atoms with Crippen LogP contribution in [0, 0.1) is 6.92 Å². The number of aryl methyl sites for hydroxylation is 1. The lowest BCUT2D eigenvalue weighted by molar-refractivity contribution is 0.436. The smallest absolute Gasteiger partial charge is 0.176 e. The first-order valence-corrected chi connectivity index (χ1v) is 7.03. The number of nitrogens with two attached hydrogens (primary N) is 1. The molecule has 0 spiro atoms. The summed E-state index contributed by atoms with van der Waals surface area (Å²) >= 11 is 3.47. The largest absolute Gasteiger partial charge is 0.380 e. The topological polar surface area (TPSA) is 52.0 Å². The summed E-state index contributed by atoms with van der Waals surface area (Å²) in [6, 6.07) is 16.0.